The molecule has 0 saturated carbocycles. The van der Waals surface area contributed by atoms with Crippen LogP contribution in [0, 0.1) is 6.92 Å². The highest BCUT2D eigenvalue weighted by Crippen LogP contribution is 2.08. The summed E-state index contributed by atoms with van der Waals surface area (Å²) < 4.78 is 0. The molecule has 0 atom stereocenters. The summed E-state index contributed by atoms with van der Waals surface area (Å²) in [5, 5.41) is 3.43. The summed E-state index contributed by atoms with van der Waals surface area (Å²) in [6.07, 6.45) is 3.73. The zero-order valence-corrected chi connectivity index (χ0v) is 11.6. The quantitative estimate of drug-likeness (QED) is 0.860. The first-order valence-electron chi connectivity index (χ1n) is 6.62. The van der Waals surface area contributed by atoms with Crippen LogP contribution in [0.1, 0.15) is 11.1 Å². The van der Waals surface area contributed by atoms with E-state index >= 15 is 0 Å². The van der Waals surface area contributed by atoms with Gasteiger partial charge in [0.2, 0.25) is 0 Å². The maximum Gasteiger partial charge on any atom is 0.0340 e. The van der Waals surface area contributed by atoms with Gasteiger partial charge >= 0.3 is 0 Å². The lowest BCUT2D eigenvalue weighted by Gasteiger charge is -2.17. The van der Waals surface area contributed by atoms with Crippen LogP contribution in [0.25, 0.3) is 0 Å². The Labute approximate surface area is 115 Å². The number of nitrogens with zero attached hydrogens (tertiary/aromatic N) is 2. The Hall–Kier alpha value is -1.87. The molecule has 0 aliphatic carbocycles. The van der Waals surface area contributed by atoms with Crippen LogP contribution in [0.5, 0.6) is 0 Å². The maximum atomic E-state index is 4.13. The molecule has 2 aromatic rings. The zero-order valence-electron chi connectivity index (χ0n) is 11.6. The van der Waals surface area contributed by atoms with Crippen LogP contribution < -0.4 is 5.32 Å². The van der Waals surface area contributed by atoms with Crippen molar-refractivity contribution in [1.29, 1.82) is 0 Å². The van der Waals surface area contributed by atoms with E-state index in [0.29, 0.717) is 0 Å². The second kappa shape index (κ2) is 6.90. The van der Waals surface area contributed by atoms with Gasteiger partial charge in [-0.3, -0.25) is 4.98 Å². The van der Waals surface area contributed by atoms with E-state index in [1.807, 2.05) is 18.5 Å². The van der Waals surface area contributed by atoms with Crippen molar-refractivity contribution < 1.29 is 0 Å². The molecule has 100 valence electrons. The van der Waals surface area contributed by atoms with E-state index in [1.54, 1.807) is 0 Å². The lowest BCUT2D eigenvalue weighted by Crippen LogP contribution is -2.24. The van der Waals surface area contributed by atoms with E-state index in [2.05, 4.69) is 59.5 Å². The first-order valence-corrected chi connectivity index (χ1v) is 6.62. The monoisotopic (exact) mass is 255 g/mol. The number of nitrogens with one attached hydrogen (secondary N) is 1. The Balaban J connectivity index is 1.72. The molecule has 0 aliphatic rings. The maximum absolute atomic E-state index is 4.13. The van der Waals surface area contributed by atoms with Crippen molar-refractivity contribution in [3.8, 4) is 0 Å². The van der Waals surface area contributed by atoms with E-state index < -0.39 is 0 Å². The standard InChI is InChI=1S/C16H21N3/c1-14-5-7-16(8-6-14)18-10-11-19(2)13-15-4-3-9-17-12-15/h3-9,12,18H,10-11,13H2,1-2H3. The number of pyridine rings is 1. The fourth-order valence-electron chi connectivity index (χ4n) is 1.94. The van der Waals surface area contributed by atoms with Crippen LogP contribution in [0.2, 0.25) is 0 Å². The molecule has 0 radical (unpaired) electrons. The summed E-state index contributed by atoms with van der Waals surface area (Å²) in [5.74, 6) is 0. The first kappa shape index (κ1) is 13.6. The molecule has 0 bridgehead atoms. The number of aromatic nitrogens is 1. The topological polar surface area (TPSA) is 28.2 Å². The third-order valence-corrected chi connectivity index (χ3v) is 3.05. The molecule has 3 nitrogen and oxygen atoms in total. The average molecular weight is 255 g/mol. The number of aryl methyl sites for hydroxylation is 1. The van der Waals surface area contributed by atoms with Gasteiger partial charge in [-0.2, -0.15) is 0 Å². The van der Waals surface area contributed by atoms with Crippen LogP contribution in [-0.4, -0.2) is 30.0 Å². The highest BCUT2D eigenvalue weighted by Gasteiger charge is 2.00. The number of anilines is 1. The van der Waals surface area contributed by atoms with Gasteiger partial charge in [0.05, 0.1) is 0 Å². The lowest BCUT2D eigenvalue weighted by molar-refractivity contribution is 0.339. The normalized spacial score (nSPS) is 10.7. The summed E-state index contributed by atoms with van der Waals surface area (Å²) in [7, 11) is 2.13. The Morgan fingerprint density at radius 2 is 1.95 bits per heavy atom. The average Bonchev–Trinajstić information content (AvgIpc) is 2.42. The molecule has 1 aromatic heterocycles. The van der Waals surface area contributed by atoms with Crippen LogP contribution >= 0.6 is 0 Å². The molecule has 0 aliphatic heterocycles. The molecule has 1 heterocycles. The predicted molar refractivity (Wildman–Crippen MR) is 80.2 cm³/mol. The van der Waals surface area contributed by atoms with Crippen LogP contribution in [0.3, 0.4) is 0 Å². The van der Waals surface area contributed by atoms with Crippen molar-refractivity contribution in [3.63, 3.8) is 0 Å². The SMILES string of the molecule is Cc1ccc(NCCN(C)Cc2cccnc2)cc1. The molecule has 0 saturated heterocycles. The third-order valence-electron chi connectivity index (χ3n) is 3.05. The van der Waals surface area contributed by atoms with Gasteiger partial charge in [-0.25, -0.2) is 0 Å². The molecular formula is C16H21N3. The third kappa shape index (κ3) is 4.72. The van der Waals surface area contributed by atoms with Crippen molar-refractivity contribution in [1.82, 2.24) is 9.88 Å². The van der Waals surface area contributed by atoms with E-state index in [9.17, 15) is 0 Å². The molecular weight excluding hydrogens is 234 g/mol. The minimum absolute atomic E-state index is 0.934. The summed E-state index contributed by atoms with van der Waals surface area (Å²) in [5.41, 5.74) is 3.72. The highest BCUT2D eigenvalue weighted by molar-refractivity contribution is 5.44. The largest absolute Gasteiger partial charge is 0.384 e. The van der Waals surface area contributed by atoms with E-state index in [4.69, 9.17) is 0 Å². The van der Waals surface area contributed by atoms with Crippen LogP contribution in [-0.2, 0) is 6.54 Å². The van der Waals surface area contributed by atoms with E-state index in [-0.39, 0.29) is 0 Å². The molecule has 19 heavy (non-hydrogen) atoms. The number of likely N-dealkylation sites (N-methyl/N-ethyl adjacent to an activating group) is 1. The van der Waals surface area contributed by atoms with Gasteiger partial charge in [0.15, 0.2) is 0 Å². The molecule has 3 heteroatoms. The second-order valence-electron chi connectivity index (χ2n) is 4.89. The first-order chi connectivity index (χ1) is 9.24. The number of rotatable bonds is 6. The molecule has 1 N–H and O–H groups in total. The van der Waals surface area contributed by atoms with Gasteiger partial charge in [-0.05, 0) is 37.7 Å². The summed E-state index contributed by atoms with van der Waals surface area (Å²) >= 11 is 0. The smallest absolute Gasteiger partial charge is 0.0340 e. The van der Waals surface area contributed by atoms with Gasteiger partial charge < -0.3 is 10.2 Å². The van der Waals surface area contributed by atoms with Crippen molar-refractivity contribution in [2.45, 2.75) is 13.5 Å². The Bertz CT molecular complexity index is 479. The Kier molecular flexibility index (Phi) is 4.93. The molecule has 0 amide bonds. The summed E-state index contributed by atoms with van der Waals surface area (Å²) in [6.45, 7) is 4.98. The molecule has 1 aromatic carbocycles. The van der Waals surface area contributed by atoms with Crippen LogP contribution in [0.4, 0.5) is 5.69 Å². The van der Waals surface area contributed by atoms with Gasteiger partial charge in [-0.1, -0.05) is 23.8 Å². The second-order valence-corrected chi connectivity index (χ2v) is 4.89. The Morgan fingerprint density at radius 1 is 1.16 bits per heavy atom. The number of hydrogen-bond acceptors (Lipinski definition) is 3. The van der Waals surface area contributed by atoms with Gasteiger partial charge in [0.1, 0.15) is 0 Å². The van der Waals surface area contributed by atoms with Crippen molar-refractivity contribution >= 4 is 5.69 Å². The van der Waals surface area contributed by atoms with Crippen molar-refractivity contribution in [2.24, 2.45) is 0 Å². The minimum atomic E-state index is 0.934. The number of benzene rings is 1. The van der Waals surface area contributed by atoms with Crippen molar-refractivity contribution in [3.05, 3.63) is 59.9 Å². The fraction of sp³-hybridized carbons (Fsp3) is 0.312. The lowest BCUT2D eigenvalue weighted by atomic mass is 10.2. The molecule has 0 fully saturated rings. The zero-order chi connectivity index (χ0) is 13.5. The predicted octanol–water partition coefficient (Wildman–Crippen LogP) is 2.93. The van der Waals surface area contributed by atoms with Gasteiger partial charge in [-0.15, -0.1) is 0 Å². The molecule has 2 rings (SSSR count). The van der Waals surface area contributed by atoms with Crippen molar-refractivity contribution in [2.75, 3.05) is 25.5 Å². The van der Waals surface area contributed by atoms with Crippen LogP contribution in [0.15, 0.2) is 48.8 Å². The highest BCUT2D eigenvalue weighted by atomic mass is 15.1. The minimum Gasteiger partial charge on any atom is -0.384 e. The fourth-order valence-corrected chi connectivity index (χ4v) is 1.94. The van der Waals surface area contributed by atoms with Gasteiger partial charge in [0.25, 0.3) is 0 Å². The summed E-state index contributed by atoms with van der Waals surface area (Å²) in [6, 6.07) is 12.6. The Morgan fingerprint density at radius 3 is 2.63 bits per heavy atom. The number of hydrogen-bond donors (Lipinski definition) is 1. The van der Waals surface area contributed by atoms with E-state index in [1.165, 1.54) is 16.8 Å². The molecule has 0 spiro atoms. The van der Waals surface area contributed by atoms with Gasteiger partial charge in [0, 0.05) is 37.7 Å². The van der Waals surface area contributed by atoms with E-state index in [0.717, 1.165) is 19.6 Å². The summed E-state index contributed by atoms with van der Waals surface area (Å²) in [4.78, 5) is 6.42. The molecule has 0 unspecified atom stereocenters.